The zero-order chi connectivity index (χ0) is 22.3. The Kier molecular flexibility index (Phi) is 6.15. The van der Waals surface area contributed by atoms with Crippen LogP contribution >= 0.6 is 11.8 Å². The number of fused-ring (bicyclic) bond motifs is 1. The number of benzene rings is 1. The van der Waals surface area contributed by atoms with Gasteiger partial charge in [0.1, 0.15) is 18.0 Å². The number of nitrogens with zero attached hydrogens (tertiary/aromatic N) is 2. The molecule has 2 aliphatic rings. The van der Waals surface area contributed by atoms with Crippen LogP contribution in [0.5, 0.6) is 0 Å². The lowest BCUT2D eigenvalue weighted by Gasteiger charge is -2.24. The van der Waals surface area contributed by atoms with Gasteiger partial charge in [-0.2, -0.15) is 4.99 Å². The lowest BCUT2D eigenvalue weighted by Crippen LogP contribution is -2.38. The third-order valence-corrected chi connectivity index (χ3v) is 7.71. The maximum atomic E-state index is 14.1. The van der Waals surface area contributed by atoms with Gasteiger partial charge in [0.25, 0.3) is 5.91 Å². The van der Waals surface area contributed by atoms with Crippen molar-refractivity contribution in [2.24, 2.45) is 4.99 Å². The maximum absolute atomic E-state index is 14.1. The summed E-state index contributed by atoms with van der Waals surface area (Å²) >= 11 is 1.18. The first-order valence-electron chi connectivity index (χ1n) is 9.35. The number of alkyl carbamates (subject to hydrolysis) is 1. The van der Waals surface area contributed by atoms with Gasteiger partial charge >= 0.3 is 6.09 Å². The van der Waals surface area contributed by atoms with E-state index < -0.39 is 39.3 Å². The smallest absolute Gasteiger partial charge is 0.408 e. The van der Waals surface area contributed by atoms with Gasteiger partial charge in [0.15, 0.2) is 15.0 Å². The second-order valence-corrected chi connectivity index (χ2v) is 11.6. The van der Waals surface area contributed by atoms with Crippen molar-refractivity contribution in [3.8, 4) is 0 Å². The van der Waals surface area contributed by atoms with Crippen molar-refractivity contribution in [1.82, 2.24) is 5.32 Å². The van der Waals surface area contributed by atoms with Gasteiger partial charge < -0.3 is 15.0 Å². The molecule has 0 bridgehead atoms. The lowest BCUT2D eigenvalue weighted by molar-refractivity contribution is -0.117. The predicted octanol–water partition coefficient (Wildman–Crippen LogP) is 2.26. The molecule has 2 heterocycles. The molecule has 2 saturated heterocycles. The Hall–Kier alpha value is -2.14. The van der Waals surface area contributed by atoms with Crippen molar-refractivity contribution in [1.29, 1.82) is 0 Å². The minimum Gasteiger partial charge on any atom is -0.444 e. The fraction of sp³-hybridized carbons (Fsp3) is 0.526. The van der Waals surface area contributed by atoms with Crippen molar-refractivity contribution >= 4 is 44.5 Å². The van der Waals surface area contributed by atoms with E-state index in [2.05, 4.69) is 10.3 Å². The second-order valence-electron chi connectivity index (χ2n) is 8.25. The number of thioether (sulfide) groups is 1. The molecule has 0 aromatic heterocycles. The molecule has 3 rings (SSSR count). The van der Waals surface area contributed by atoms with Gasteiger partial charge in [0.2, 0.25) is 0 Å². The van der Waals surface area contributed by atoms with E-state index in [9.17, 15) is 22.4 Å². The largest absolute Gasteiger partial charge is 0.444 e. The highest BCUT2D eigenvalue weighted by Gasteiger charge is 2.49. The molecule has 1 N–H and O–H groups in total. The monoisotopic (exact) mass is 457 g/mol. The van der Waals surface area contributed by atoms with E-state index >= 15 is 0 Å². The summed E-state index contributed by atoms with van der Waals surface area (Å²) < 4.78 is 43.4. The Morgan fingerprint density at radius 2 is 2.03 bits per heavy atom. The highest BCUT2D eigenvalue weighted by molar-refractivity contribution is 8.16. The summed E-state index contributed by atoms with van der Waals surface area (Å²) in [7, 11) is -3.23. The number of carbonyl (C=O) groups excluding carboxylic acids is 2. The zero-order valence-electron chi connectivity index (χ0n) is 17.1. The lowest BCUT2D eigenvalue weighted by atomic mass is 10.1. The first-order chi connectivity index (χ1) is 13.8. The van der Waals surface area contributed by atoms with Gasteiger partial charge in [-0.1, -0.05) is 17.8 Å². The molecule has 0 unspecified atom stereocenters. The van der Waals surface area contributed by atoms with Gasteiger partial charge in [-0.05, 0) is 45.4 Å². The van der Waals surface area contributed by atoms with Crippen molar-refractivity contribution in [3.05, 3.63) is 29.6 Å². The number of sulfone groups is 1. The van der Waals surface area contributed by atoms with E-state index in [4.69, 9.17) is 4.74 Å². The van der Waals surface area contributed by atoms with Crippen LogP contribution in [0.25, 0.3) is 0 Å². The Morgan fingerprint density at radius 1 is 1.33 bits per heavy atom. The number of amides is 2. The normalized spacial score (nSPS) is 24.0. The molecule has 2 aliphatic heterocycles. The maximum Gasteiger partial charge on any atom is 0.408 e. The molecule has 1 aromatic rings. The van der Waals surface area contributed by atoms with Gasteiger partial charge in [-0.15, -0.1) is 0 Å². The molecule has 0 saturated carbocycles. The fourth-order valence-electron chi connectivity index (χ4n) is 3.21. The van der Waals surface area contributed by atoms with E-state index in [0.29, 0.717) is 16.4 Å². The molecule has 2 atom stereocenters. The van der Waals surface area contributed by atoms with Crippen LogP contribution in [0.1, 0.15) is 26.3 Å². The summed E-state index contributed by atoms with van der Waals surface area (Å²) in [5, 5.41) is 2.34. The number of hydrogen-bond acceptors (Lipinski definition) is 6. The van der Waals surface area contributed by atoms with Crippen molar-refractivity contribution in [2.45, 2.75) is 44.6 Å². The molecule has 0 aliphatic carbocycles. The molecule has 8 nitrogen and oxygen atoms in total. The number of anilines is 1. The van der Waals surface area contributed by atoms with Crippen LogP contribution in [0, 0.1) is 12.7 Å². The molecule has 30 heavy (non-hydrogen) atoms. The van der Waals surface area contributed by atoms with Crippen molar-refractivity contribution in [2.75, 3.05) is 23.0 Å². The summed E-state index contributed by atoms with van der Waals surface area (Å²) in [6.07, 6.45) is -0.740. The van der Waals surface area contributed by atoms with Gasteiger partial charge in [0, 0.05) is 10.9 Å². The third-order valence-electron chi connectivity index (χ3n) is 4.50. The van der Waals surface area contributed by atoms with Crippen LogP contribution in [-0.4, -0.2) is 60.5 Å². The molecule has 0 spiro atoms. The minimum absolute atomic E-state index is 0.0312. The van der Waals surface area contributed by atoms with Gasteiger partial charge in [-0.25, -0.2) is 17.6 Å². The van der Waals surface area contributed by atoms with E-state index in [0.717, 1.165) is 0 Å². The van der Waals surface area contributed by atoms with Gasteiger partial charge in [-0.3, -0.25) is 4.79 Å². The number of amidine groups is 1. The number of ether oxygens (including phenoxy) is 1. The summed E-state index contributed by atoms with van der Waals surface area (Å²) in [4.78, 5) is 29.7. The third kappa shape index (κ3) is 5.31. The summed E-state index contributed by atoms with van der Waals surface area (Å²) in [6.45, 7) is 6.36. The Labute approximate surface area is 179 Å². The number of hydrogen-bond donors (Lipinski definition) is 1. The number of rotatable bonds is 3. The molecule has 164 valence electrons. The molecular weight excluding hydrogens is 433 g/mol. The first kappa shape index (κ1) is 22.5. The molecular formula is C19H24FN3O5S2. The van der Waals surface area contributed by atoms with Crippen LogP contribution < -0.4 is 10.2 Å². The van der Waals surface area contributed by atoms with Crippen LogP contribution in [0.3, 0.4) is 0 Å². The Morgan fingerprint density at radius 3 is 2.67 bits per heavy atom. The second kappa shape index (κ2) is 8.18. The fourth-order valence-corrected chi connectivity index (χ4v) is 7.14. The summed E-state index contributed by atoms with van der Waals surface area (Å²) in [5.74, 6) is -1.18. The number of carbonyl (C=O) groups is 2. The minimum atomic E-state index is -3.23. The van der Waals surface area contributed by atoms with Gasteiger partial charge in [0.05, 0.1) is 17.5 Å². The average molecular weight is 458 g/mol. The quantitative estimate of drug-likeness (QED) is 0.742. The first-order valence-corrected chi connectivity index (χ1v) is 12.1. The number of halogens is 1. The van der Waals surface area contributed by atoms with E-state index in [1.807, 2.05) is 0 Å². The Balaban J connectivity index is 1.80. The van der Waals surface area contributed by atoms with E-state index in [-0.39, 0.29) is 23.3 Å². The van der Waals surface area contributed by atoms with Crippen LogP contribution in [-0.2, 0) is 19.4 Å². The SMILES string of the molecule is Cc1ccc(N2C(=NC(=O)CNC(=O)OC(C)(C)C)S[C@@H]3CS(=O)(=O)C[C@H]32)cc1F. The van der Waals surface area contributed by atoms with Crippen LogP contribution in [0.4, 0.5) is 14.9 Å². The molecule has 2 fully saturated rings. The highest BCUT2D eigenvalue weighted by atomic mass is 32.2. The molecule has 11 heteroatoms. The molecule has 0 radical (unpaired) electrons. The average Bonchev–Trinajstić information content (AvgIpc) is 3.05. The zero-order valence-corrected chi connectivity index (χ0v) is 18.8. The van der Waals surface area contributed by atoms with E-state index in [1.165, 1.54) is 17.8 Å². The summed E-state index contributed by atoms with van der Waals surface area (Å²) in [5.41, 5.74) is 0.189. The number of aryl methyl sites for hydroxylation is 1. The topological polar surface area (TPSA) is 105 Å². The van der Waals surface area contributed by atoms with Crippen molar-refractivity contribution in [3.63, 3.8) is 0 Å². The number of nitrogens with one attached hydrogen (secondary N) is 1. The Bertz CT molecular complexity index is 1000. The number of aliphatic imine (C=N–C) groups is 1. The molecule has 1 aromatic carbocycles. The van der Waals surface area contributed by atoms with E-state index in [1.54, 1.807) is 44.7 Å². The standard InChI is InChI=1S/C19H24FN3O5S2/c1-11-5-6-12(7-13(11)20)23-14-9-30(26,27)10-15(14)29-17(23)22-16(24)8-21-18(25)28-19(2,3)4/h5-7,14-15H,8-10H2,1-4H3,(H,21,25)/t14-,15-/m1/s1. The van der Waals surface area contributed by atoms with Crippen LogP contribution in [0.2, 0.25) is 0 Å². The molecule has 2 amide bonds. The van der Waals surface area contributed by atoms with Crippen molar-refractivity contribution < 1.29 is 27.1 Å². The highest BCUT2D eigenvalue weighted by Crippen LogP contribution is 2.41. The van der Waals surface area contributed by atoms with Crippen LogP contribution in [0.15, 0.2) is 23.2 Å². The summed E-state index contributed by atoms with van der Waals surface area (Å²) in [6, 6.07) is 4.13. The predicted molar refractivity (Wildman–Crippen MR) is 114 cm³/mol.